The monoisotopic (exact) mass is 237 g/mol. The summed E-state index contributed by atoms with van der Waals surface area (Å²) in [5, 5.41) is 0. The van der Waals surface area contributed by atoms with E-state index in [2.05, 4.69) is 0 Å². The van der Waals surface area contributed by atoms with Crippen molar-refractivity contribution in [3.05, 3.63) is 30.3 Å². The first-order valence-corrected chi connectivity index (χ1v) is 6.55. The Balaban J connectivity index is 3.05. The van der Waals surface area contributed by atoms with Crippen LogP contribution in [0.4, 0.5) is 0 Å². The SMILES string of the molecule is O=P(O)(O)NS(=O)(=O)c1ccccc1. The smallest absolute Gasteiger partial charge is 0.312 e. The summed E-state index contributed by atoms with van der Waals surface area (Å²) in [6, 6.07) is 6.97. The van der Waals surface area contributed by atoms with E-state index in [0.29, 0.717) is 0 Å². The highest BCUT2D eigenvalue weighted by atomic mass is 32.2. The van der Waals surface area contributed by atoms with Crippen LogP contribution in [0.1, 0.15) is 0 Å². The Kier molecular flexibility index (Phi) is 3.08. The third kappa shape index (κ3) is 3.21. The molecule has 8 heteroatoms. The van der Waals surface area contributed by atoms with E-state index in [1.54, 1.807) is 6.07 Å². The van der Waals surface area contributed by atoms with Crippen molar-refractivity contribution in [1.82, 2.24) is 4.49 Å². The largest absolute Gasteiger partial charge is 0.414 e. The van der Waals surface area contributed by atoms with E-state index in [-0.39, 0.29) is 4.90 Å². The molecule has 0 radical (unpaired) electrons. The zero-order valence-corrected chi connectivity index (χ0v) is 8.57. The maximum absolute atomic E-state index is 11.2. The average molecular weight is 237 g/mol. The van der Waals surface area contributed by atoms with Gasteiger partial charge < -0.3 is 9.79 Å². The highest BCUT2D eigenvalue weighted by Gasteiger charge is 2.24. The standard InChI is InChI=1S/C6H8NO5PS/c8-13(9,10)7-14(11,12)6-4-2-1-3-5-6/h1-5H,(H3,7,8,9,10). The van der Waals surface area contributed by atoms with Crippen molar-refractivity contribution in [2.24, 2.45) is 0 Å². The number of hydrogen-bond donors (Lipinski definition) is 3. The van der Waals surface area contributed by atoms with Crippen molar-refractivity contribution in [2.45, 2.75) is 4.90 Å². The van der Waals surface area contributed by atoms with Gasteiger partial charge in [0.25, 0.3) is 0 Å². The van der Waals surface area contributed by atoms with E-state index in [4.69, 9.17) is 9.79 Å². The Morgan fingerprint density at radius 2 is 1.64 bits per heavy atom. The first-order chi connectivity index (χ1) is 6.31. The van der Waals surface area contributed by atoms with Gasteiger partial charge in [-0.15, -0.1) is 4.49 Å². The lowest BCUT2D eigenvalue weighted by Crippen LogP contribution is -2.20. The predicted octanol–water partition coefficient (Wildman–Crippen LogP) is 0.0576. The fourth-order valence-corrected chi connectivity index (χ4v) is 3.00. The maximum Gasteiger partial charge on any atom is 0.414 e. The molecule has 0 aliphatic rings. The van der Waals surface area contributed by atoms with Gasteiger partial charge in [0.2, 0.25) is 10.0 Å². The van der Waals surface area contributed by atoms with Crippen molar-refractivity contribution >= 4 is 17.8 Å². The van der Waals surface area contributed by atoms with Crippen LogP contribution in [0, 0.1) is 0 Å². The predicted molar refractivity (Wildman–Crippen MR) is 48.8 cm³/mol. The second kappa shape index (κ2) is 3.80. The summed E-state index contributed by atoms with van der Waals surface area (Å²) in [5.74, 6) is 0. The van der Waals surface area contributed by atoms with E-state index < -0.39 is 17.8 Å². The molecule has 0 amide bonds. The Bertz CT molecular complexity index is 450. The van der Waals surface area contributed by atoms with Crippen molar-refractivity contribution in [1.29, 1.82) is 0 Å². The van der Waals surface area contributed by atoms with Gasteiger partial charge in [0.15, 0.2) is 0 Å². The van der Waals surface area contributed by atoms with Gasteiger partial charge >= 0.3 is 7.75 Å². The third-order valence-corrected chi connectivity index (χ3v) is 4.10. The fraction of sp³-hybridized carbons (Fsp3) is 0. The maximum atomic E-state index is 11.2. The molecule has 0 aliphatic heterocycles. The van der Waals surface area contributed by atoms with Crippen LogP contribution in [-0.4, -0.2) is 18.2 Å². The quantitative estimate of drug-likeness (QED) is 0.645. The minimum atomic E-state index is -4.79. The molecular formula is C6H8NO5PS. The van der Waals surface area contributed by atoms with Crippen molar-refractivity contribution in [3.8, 4) is 0 Å². The number of hydrogen-bond acceptors (Lipinski definition) is 3. The lowest BCUT2D eigenvalue weighted by molar-refractivity contribution is 0.368. The second-order valence-corrected chi connectivity index (χ2v) is 5.75. The molecule has 0 saturated carbocycles. The zero-order chi connectivity index (χ0) is 10.8. The van der Waals surface area contributed by atoms with E-state index >= 15 is 0 Å². The minimum Gasteiger partial charge on any atom is -0.312 e. The number of sulfonamides is 1. The van der Waals surface area contributed by atoms with Gasteiger partial charge in [0, 0.05) is 0 Å². The van der Waals surface area contributed by atoms with E-state index in [0.717, 1.165) is 0 Å². The first kappa shape index (κ1) is 11.4. The van der Waals surface area contributed by atoms with Crippen LogP contribution in [0.3, 0.4) is 0 Å². The molecule has 0 spiro atoms. The fourth-order valence-electron chi connectivity index (χ4n) is 0.809. The Hall–Kier alpha value is -0.720. The molecule has 3 N–H and O–H groups in total. The van der Waals surface area contributed by atoms with Gasteiger partial charge in [-0.25, -0.2) is 13.0 Å². The van der Waals surface area contributed by atoms with Crippen LogP contribution in [0.25, 0.3) is 0 Å². The van der Waals surface area contributed by atoms with Gasteiger partial charge in [-0.05, 0) is 12.1 Å². The summed E-state index contributed by atoms with van der Waals surface area (Å²) in [6.45, 7) is 0. The average Bonchev–Trinajstić information content (AvgIpc) is 2.01. The van der Waals surface area contributed by atoms with Gasteiger partial charge in [-0.1, -0.05) is 18.2 Å². The lowest BCUT2D eigenvalue weighted by Gasteiger charge is -2.06. The van der Waals surface area contributed by atoms with Gasteiger partial charge in [-0.2, -0.15) is 0 Å². The molecular weight excluding hydrogens is 229 g/mol. The molecule has 1 rings (SSSR count). The van der Waals surface area contributed by atoms with E-state index in [1.807, 2.05) is 0 Å². The third-order valence-electron chi connectivity index (χ3n) is 1.29. The molecule has 1 aromatic carbocycles. The Morgan fingerprint density at radius 3 is 2.07 bits per heavy atom. The molecule has 0 heterocycles. The lowest BCUT2D eigenvalue weighted by atomic mass is 10.4. The first-order valence-electron chi connectivity index (χ1n) is 3.46. The molecule has 1 aromatic rings. The molecule has 0 atom stereocenters. The molecule has 0 saturated heterocycles. The summed E-state index contributed by atoms with van der Waals surface area (Å²) >= 11 is 0. The van der Waals surface area contributed by atoms with Crippen molar-refractivity contribution in [3.63, 3.8) is 0 Å². The van der Waals surface area contributed by atoms with Crippen molar-refractivity contribution in [2.75, 3.05) is 0 Å². The molecule has 6 nitrogen and oxygen atoms in total. The second-order valence-electron chi connectivity index (χ2n) is 2.45. The van der Waals surface area contributed by atoms with E-state index in [1.165, 1.54) is 28.8 Å². The van der Waals surface area contributed by atoms with Crippen LogP contribution in [0.15, 0.2) is 35.2 Å². The number of benzene rings is 1. The summed E-state index contributed by atoms with van der Waals surface area (Å²) in [6.07, 6.45) is 0. The van der Waals surface area contributed by atoms with Crippen LogP contribution >= 0.6 is 7.75 Å². The topological polar surface area (TPSA) is 104 Å². The highest BCUT2D eigenvalue weighted by Crippen LogP contribution is 2.31. The normalized spacial score (nSPS) is 12.7. The minimum absolute atomic E-state index is 0.191. The molecule has 0 aliphatic carbocycles. The zero-order valence-electron chi connectivity index (χ0n) is 6.86. The summed E-state index contributed by atoms with van der Waals surface area (Å²) < 4.78 is 34.2. The van der Waals surface area contributed by atoms with Gasteiger partial charge in [0.1, 0.15) is 0 Å². The van der Waals surface area contributed by atoms with E-state index in [9.17, 15) is 13.0 Å². The number of rotatable bonds is 3. The Morgan fingerprint density at radius 1 is 1.14 bits per heavy atom. The molecule has 0 aromatic heterocycles. The molecule has 0 bridgehead atoms. The van der Waals surface area contributed by atoms with Gasteiger partial charge in [0.05, 0.1) is 4.90 Å². The van der Waals surface area contributed by atoms with Crippen molar-refractivity contribution < 1.29 is 22.8 Å². The Labute approximate surface area is 80.8 Å². The van der Waals surface area contributed by atoms with Crippen LogP contribution in [0.5, 0.6) is 0 Å². The van der Waals surface area contributed by atoms with Gasteiger partial charge in [-0.3, -0.25) is 0 Å². The molecule has 0 unspecified atom stereocenters. The highest BCUT2D eigenvalue weighted by molar-refractivity contribution is 7.94. The van der Waals surface area contributed by atoms with Crippen LogP contribution in [0.2, 0.25) is 0 Å². The molecule has 14 heavy (non-hydrogen) atoms. The summed E-state index contributed by atoms with van der Waals surface area (Å²) in [5.41, 5.74) is 0. The summed E-state index contributed by atoms with van der Waals surface area (Å²) in [4.78, 5) is 16.7. The molecule has 0 fully saturated rings. The van der Waals surface area contributed by atoms with Crippen LogP contribution < -0.4 is 4.49 Å². The molecule has 78 valence electrons. The number of nitrogens with one attached hydrogen (secondary N) is 1. The summed E-state index contributed by atoms with van der Waals surface area (Å²) in [7, 11) is -8.92. The van der Waals surface area contributed by atoms with Crippen LogP contribution in [-0.2, 0) is 14.6 Å².